The lowest BCUT2D eigenvalue weighted by Crippen LogP contribution is -2.15. The van der Waals surface area contributed by atoms with E-state index in [4.69, 9.17) is 4.74 Å². The van der Waals surface area contributed by atoms with Gasteiger partial charge in [0.05, 0.1) is 12.4 Å². The zero-order chi connectivity index (χ0) is 22.3. The quantitative estimate of drug-likeness (QED) is 0.394. The van der Waals surface area contributed by atoms with Crippen molar-refractivity contribution >= 4 is 23.4 Å². The number of rotatable bonds is 8. The molecule has 8 heteroatoms. The molecule has 2 heterocycles. The molecule has 0 fully saturated rings. The number of anilines is 1. The van der Waals surface area contributed by atoms with Crippen LogP contribution in [-0.4, -0.2) is 38.0 Å². The maximum absolute atomic E-state index is 12.6. The lowest BCUT2D eigenvalue weighted by Gasteiger charge is -2.12. The van der Waals surface area contributed by atoms with Gasteiger partial charge in [-0.2, -0.15) is 0 Å². The van der Waals surface area contributed by atoms with Crippen LogP contribution in [0.1, 0.15) is 12.5 Å². The third-order valence-electron chi connectivity index (χ3n) is 4.71. The summed E-state index contributed by atoms with van der Waals surface area (Å²) in [5.41, 5.74) is 3.54. The maximum atomic E-state index is 12.6. The number of hydrogen-bond acceptors (Lipinski definition) is 6. The molecule has 0 spiro atoms. The highest BCUT2D eigenvalue weighted by Gasteiger charge is 2.18. The van der Waals surface area contributed by atoms with E-state index in [0.29, 0.717) is 17.6 Å². The van der Waals surface area contributed by atoms with Gasteiger partial charge in [0.15, 0.2) is 11.0 Å². The molecule has 0 saturated carbocycles. The van der Waals surface area contributed by atoms with Crippen molar-refractivity contribution in [2.75, 3.05) is 17.7 Å². The Bertz CT molecular complexity index is 1190. The van der Waals surface area contributed by atoms with Gasteiger partial charge in [0, 0.05) is 29.3 Å². The van der Waals surface area contributed by atoms with Crippen molar-refractivity contribution < 1.29 is 9.53 Å². The number of benzene rings is 2. The van der Waals surface area contributed by atoms with E-state index in [1.807, 2.05) is 79.1 Å². The molecule has 4 rings (SSSR count). The molecule has 0 bridgehead atoms. The molecule has 2 aromatic carbocycles. The summed E-state index contributed by atoms with van der Waals surface area (Å²) in [7, 11) is 0. The number of ether oxygens (including phenoxy) is 1. The Kier molecular flexibility index (Phi) is 6.81. The smallest absolute Gasteiger partial charge is 0.234 e. The first-order chi connectivity index (χ1) is 15.7. The first-order valence-electron chi connectivity index (χ1n) is 10.2. The Morgan fingerprint density at radius 1 is 1.06 bits per heavy atom. The van der Waals surface area contributed by atoms with E-state index in [2.05, 4.69) is 20.5 Å². The van der Waals surface area contributed by atoms with Crippen LogP contribution in [0, 0.1) is 6.92 Å². The molecule has 0 aliphatic rings. The summed E-state index contributed by atoms with van der Waals surface area (Å²) in [5.74, 6) is 1.55. The number of pyridine rings is 1. The number of nitrogens with one attached hydrogen (secondary N) is 1. The molecule has 0 radical (unpaired) electrons. The molecule has 7 nitrogen and oxygen atoms in total. The van der Waals surface area contributed by atoms with Crippen molar-refractivity contribution in [3.8, 4) is 22.8 Å². The Balaban J connectivity index is 1.60. The molecule has 162 valence electrons. The van der Waals surface area contributed by atoms with Gasteiger partial charge in [0.25, 0.3) is 0 Å². The summed E-state index contributed by atoms with van der Waals surface area (Å²) in [6.07, 6.45) is 3.46. The van der Waals surface area contributed by atoms with Crippen LogP contribution in [0.3, 0.4) is 0 Å². The largest absolute Gasteiger partial charge is 0.494 e. The predicted octanol–water partition coefficient (Wildman–Crippen LogP) is 4.77. The van der Waals surface area contributed by atoms with Crippen LogP contribution >= 0.6 is 11.8 Å². The zero-order valence-electron chi connectivity index (χ0n) is 17.9. The third kappa shape index (κ3) is 4.97. The lowest BCUT2D eigenvalue weighted by atomic mass is 10.2. The molecule has 0 unspecified atom stereocenters. The van der Waals surface area contributed by atoms with Crippen molar-refractivity contribution in [2.24, 2.45) is 0 Å². The molecule has 2 aromatic heterocycles. The number of nitrogens with zero attached hydrogens (tertiary/aromatic N) is 4. The van der Waals surface area contributed by atoms with Crippen LogP contribution < -0.4 is 10.1 Å². The Labute approximate surface area is 190 Å². The Hall–Kier alpha value is -3.65. The normalized spacial score (nSPS) is 10.7. The average molecular weight is 446 g/mol. The summed E-state index contributed by atoms with van der Waals surface area (Å²) in [5, 5.41) is 12.3. The fourth-order valence-electron chi connectivity index (χ4n) is 3.17. The van der Waals surface area contributed by atoms with Gasteiger partial charge in [0.2, 0.25) is 5.91 Å². The lowest BCUT2D eigenvalue weighted by molar-refractivity contribution is -0.113. The molecule has 32 heavy (non-hydrogen) atoms. The van der Waals surface area contributed by atoms with Crippen molar-refractivity contribution in [3.05, 3.63) is 78.6 Å². The van der Waals surface area contributed by atoms with E-state index in [1.165, 1.54) is 11.8 Å². The number of amides is 1. The van der Waals surface area contributed by atoms with E-state index >= 15 is 0 Å². The molecular formula is C24H23N5O2S. The van der Waals surface area contributed by atoms with Crippen molar-refractivity contribution in [2.45, 2.75) is 19.0 Å². The highest BCUT2D eigenvalue weighted by molar-refractivity contribution is 7.99. The minimum atomic E-state index is -0.103. The van der Waals surface area contributed by atoms with E-state index in [-0.39, 0.29) is 11.7 Å². The summed E-state index contributed by atoms with van der Waals surface area (Å²) >= 11 is 1.33. The molecule has 0 saturated heterocycles. The molecule has 0 aliphatic heterocycles. The van der Waals surface area contributed by atoms with Crippen LogP contribution in [0.4, 0.5) is 5.69 Å². The zero-order valence-corrected chi connectivity index (χ0v) is 18.7. The standard InChI is InChI=1S/C24H23N5O2S/c1-3-31-20-12-10-19(11-13-20)29-23(18-8-6-14-25-15-18)27-28-24(29)32-16-22(30)26-21-9-5-4-7-17(21)2/h4-15H,3,16H2,1-2H3,(H,26,30). The fraction of sp³-hybridized carbons (Fsp3) is 0.167. The second kappa shape index (κ2) is 10.1. The SMILES string of the molecule is CCOc1ccc(-n2c(SCC(=O)Nc3ccccc3C)nnc2-c2cccnc2)cc1. The van der Waals surface area contributed by atoms with E-state index < -0.39 is 0 Å². The minimum absolute atomic E-state index is 0.103. The summed E-state index contributed by atoms with van der Waals surface area (Å²) in [4.78, 5) is 16.8. The van der Waals surface area contributed by atoms with Crippen molar-refractivity contribution in [1.82, 2.24) is 19.7 Å². The van der Waals surface area contributed by atoms with Crippen molar-refractivity contribution in [1.29, 1.82) is 0 Å². The number of carbonyl (C=O) groups is 1. The van der Waals surface area contributed by atoms with Gasteiger partial charge in [-0.3, -0.25) is 14.3 Å². The highest BCUT2D eigenvalue weighted by atomic mass is 32.2. The van der Waals surface area contributed by atoms with Gasteiger partial charge < -0.3 is 10.1 Å². The van der Waals surface area contributed by atoms with Gasteiger partial charge in [0.1, 0.15) is 5.75 Å². The number of hydrogen-bond donors (Lipinski definition) is 1. The van der Waals surface area contributed by atoms with Gasteiger partial charge in [-0.25, -0.2) is 0 Å². The monoisotopic (exact) mass is 445 g/mol. The van der Waals surface area contributed by atoms with E-state index in [0.717, 1.165) is 28.3 Å². The Morgan fingerprint density at radius 2 is 1.88 bits per heavy atom. The number of para-hydroxylation sites is 1. The number of carbonyl (C=O) groups excluding carboxylic acids is 1. The second-order valence-corrected chi connectivity index (χ2v) is 7.90. The maximum Gasteiger partial charge on any atom is 0.234 e. The van der Waals surface area contributed by atoms with Gasteiger partial charge in [-0.05, 0) is 61.9 Å². The highest BCUT2D eigenvalue weighted by Crippen LogP contribution is 2.28. The molecule has 1 N–H and O–H groups in total. The molecule has 4 aromatic rings. The second-order valence-electron chi connectivity index (χ2n) is 6.96. The van der Waals surface area contributed by atoms with Crippen LogP contribution in [0.25, 0.3) is 17.1 Å². The fourth-order valence-corrected chi connectivity index (χ4v) is 3.92. The van der Waals surface area contributed by atoms with Crippen LogP contribution in [0.5, 0.6) is 5.75 Å². The van der Waals surface area contributed by atoms with Gasteiger partial charge in [-0.1, -0.05) is 30.0 Å². The summed E-state index contributed by atoms with van der Waals surface area (Å²) in [6, 6.07) is 19.2. The van der Waals surface area contributed by atoms with Crippen LogP contribution in [0.2, 0.25) is 0 Å². The van der Waals surface area contributed by atoms with Gasteiger partial charge in [-0.15, -0.1) is 10.2 Å². The summed E-state index contributed by atoms with van der Waals surface area (Å²) < 4.78 is 7.49. The van der Waals surface area contributed by atoms with E-state index in [9.17, 15) is 4.79 Å². The minimum Gasteiger partial charge on any atom is -0.494 e. The number of aromatic nitrogens is 4. The Morgan fingerprint density at radius 3 is 2.59 bits per heavy atom. The number of aryl methyl sites for hydroxylation is 1. The van der Waals surface area contributed by atoms with E-state index in [1.54, 1.807) is 12.4 Å². The van der Waals surface area contributed by atoms with Crippen LogP contribution in [0.15, 0.2) is 78.2 Å². The summed E-state index contributed by atoms with van der Waals surface area (Å²) in [6.45, 7) is 4.51. The first kappa shape index (κ1) is 21.6. The molecule has 0 aliphatic carbocycles. The van der Waals surface area contributed by atoms with Gasteiger partial charge >= 0.3 is 0 Å². The van der Waals surface area contributed by atoms with Crippen LogP contribution in [-0.2, 0) is 4.79 Å². The number of thioether (sulfide) groups is 1. The predicted molar refractivity (Wildman–Crippen MR) is 126 cm³/mol. The van der Waals surface area contributed by atoms with Crippen molar-refractivity contribution in [3.63, 3.8) is 0 Å². The molecule has 1 amide bonds. The topological polar surface area (TPSA) is 81.9 Å². The average Bonchev–Trinajstić information content (AvgIpc) is 3.24. The third-order valence-corrected chi connectivity index (χ3v) is 5.64. The first-order valence-corrected chi connectivity index (χ1v) is 11.2. The molecule has 0 atom stereocenters. The molecular weight excluding hydrogens is 422 g/mol.